The molecule has 35 heavy (non-hydrogen) atoms. The van der Waals surface area contributed by atoms with Crippen molar-refractivity contribution < 1.29 is 14.3 Å². The molecule has 3 fully saturated rings. The number of benzene rings is 1. The van der Waals surface area contributed by atoms with Crippen molar-refractivity contribution in [1.29, 1.82) is 0 Å². The molecule has 1 aromatic carbocycles. The molecular weight excluding hydrogens is 438 g/mol. The molecule has 1 aliphatic heterocycles. The third-order valence-corrected chi connectivity index (χ3v) is 8.79. The monoisotopic (exact) mass is 473 g/mol. The summed E-state index contributed by atoms with van der Waals surface area (Å²) < 4.78 is 11.0. The quantitative estimate of drug-likeness (QED) is 0.460. The van der Waals surface area contributed by atoms with Crippen molar-refractivity contribution in [1.82, 2.24) is 15.2 Å². The number of carbonyl (C=O) groups excluding carboxylic acids is 1. The Kier molecular flexibility index (Phi) is 6.33. The number of nitrogens with one attached hydrogen (secondary N) is 1. The number of hydrogen-bond donors (Lipinski definition) is 1. The van der Waals surface area contributed by atoms with Crippen LogP contribution in [0.25, 0.3) is 0 Å². The zero-order chi connectivity index (χ0) is 24.7. The summed E-state index contributed by atoms with van der Waals surface area (Å²) in [5.41, 5.74) is 5.39. The maximum absolute atomic E-state index is 12.9. The summed E-state index contributed by atoms with van der Waals surface area (Å²) in [5, 5.41) is 3.28. The van der Waals surface area contributed by atoms with E-state index in [2.05, 4.69) is 54.0 Å². The minimum atomic E-state index is -0.0803. The largest absolute Gasteiger partial charge is 0.491 e. The van der Waals surface area contributed by atoms with Crippen LogP contribution in [0.3, 0.4) is 0 Å². The van der Waals surface area contributed by atoms with Gasteiger partial charge in [0, 0.05) is 54.6 Å². The van der Waals surface area contributed by atoms with Crippen molar-refractivity contribution in [3.8, 4) is 18.1 Å². The molecule has 5 atom stereocenters. The van der Waals surface area contributed by atoms with Crippen LogP contribution in [-0.4, -0.2) is 54.2 Å². The summed E-state index contributed by atoms with van der Waals surface area (Å²) in [7, 11) is 1.69. The molecule has 6 nitrogen and oxygen atoms in total. The van der Waals surface area contributed by atoms with Gasteiger partial charge in [-0.15, -0.1) is 6.42 Å². The topological polar surface area (TPSA) is 63.7 Å². The van der Waals surface area contributed by atoms with Gasteiger partial charge >= 0.3 is 0 Å². The second-order valence-electron chi connectivity index (χ2n) is 10.4. The van der Waals surface area contributed by atoms with Crippen molar-refractivity contribution in [2.45, 2.75) is 70.6 Å². The maximum atomic E-state index is 12.9. The van der Waals surface area contributed by atoms with E-state index in [0.29, 0.717) is 47.9 Å². The predicted octanol–water partition coefficient (Wildman–Crippen LogP) is 4.19. The predicted molar refractivity (Wildman–Crippen MR) is 135 cm³/mol. The molecule has 2 aromatic rings. The molecule has 0 bridgehead atoms. The van der Waals surface area contributed by atoms with E-state index < -0.39 is 0 Å². The number of hydrogen-bond acceptors (Lipinski definition) is 5. The maximum Gasteiger partial charge on any atom is 0.253 e. The number of rotatable bonds is 8. The van der Waals surface area contributed by atoms with Crippen LogP contribution in [0, 0.1) is 31.6 Å². The molecule has 5 rings (SSSR count). The van der Waals surface area contributed by atoms with Gasteiger partial charge in [-0.25, -0.2) is 0 Å². The van der Waals surface area contributed by atoms with Gasteiger partial charge in [0.25, 0.3) is 5.91 Å². The molecule has 6 heteroatoms. The number of ether oxygens (including phenoxy) is 2. The highest BCUT2D eigenvalue weighted by molar-refractivity contribution is 5.94. The summed E-state index contributed by atoms with van der Waals surface area (Å²) in [6.07, 6.45) is 13.2. The number of piperidine rings is 1. The molecule has 2 saturated carbocycles. The molecule has 2 heterocycles. The molecule has 3 aliphatic rings. The van der Waals surface area contributed by atoms with Crippen molar-refractivity contribution in [3.05, 3.63) is 58.4 Å². The summed E-state index contributed by atoms with van der Waals surface area (Å²) in [6.45, 7) is 7.81. The lowest BCUT2D eigenvalue weighted by Gasteiger charge is -2.70. The fourth-order valence-electron chi connectivity index (χ4n) is 6.84. The zero-order valence-electron chi connectivity index (χ0n) is 21.1. The number of likely N-dealkylation sites (tertiary alicyclic amines) is 1. The van der Waals surface area contributed by atoms with Gasteiger partial charge < -0.3 is 14.8 Å². The Hall–Kier alpha value is -2.88. The van der Waals surface area contributed by atoms with Gasteiger partial charge in [0.15, 0.2) is 0 Å². The Morgan fingerprint density at radius 2 is 2.11 bits per heavy atom. The molecular formula is C29H35N3O3. The van der Waals surface area contributed by atoms with E-state index >= 15 is 0 Å². The number of pyridine rings is 1. The summed E-state index contributed by atoms with van der Waals surface area (Å²) >= 11 is 0. The van der Waals surface area contributed by atoms with Crippen LogP contribution in [0.1, 0.15) is 71.3 Å². The van der Waals surface area contributed by atoms with Crippen LogP contribution in [0.2, 0.25) is 0 Å². The first kappa shape index (κ1) is 23.8. The third kappa shape index (κ3) is 3.91. The third-order valence-electron chi connectivity index (χ3n) is 8.79. The molecule has 1 saturated heterocycles. The lowest BCUT2D eigenvalue weighted by atomic mass is 9.52. The molecule has 1 aromatic heterocycles. The Morgan fingerprint density at radius 1 is 1.29 bits per heavy atom. The van der Waals surface area contributed by atoms with Crippen LogP contribution in [-0.2, 0) is 4.74 Å². The fraction of sp³-hybridized carbons (Fsp3) is 0.517. The molecule has 0 radical (unpaired) electrons. The van der Waals surface area contributed by atoms with Crippen molar-refractivity contribution in [3.63, 3.8) is 0 Å². The number of nitrogens with zero attached hydrogens (tertiary/aromatic N) is 2. The standard InChI is InChI=1S/C29H35N3O3/c1-6-21-13-22(17-30-16-21)28(33)31-23-14-27-29(15-23)10-9-26(29)32(27)20(4)24-7-8-25(19(3)18(24)2)35-12-11-34-5/h1,7-8,13,16-17,20,23,26-27H,9-12,14-15H2,2-5H3,(H,31,33)/t20?,23-,26?,27?,29?/m0/s1. The van der Waals surface area contributed by atoms with Crippen LogP contribution < -0.4 is 10.1 Å². The van der Waals surface area contributed by atoms with E-state index in [1.54, 1.807) is 25.6 Å². The average molecular weight is 474 g/mol. The number of terminal acetylenes is 1. The van der Waals surface area contributed by atoms with Crippen molar-refractivity contribution in [2.75, 3.05) is 20.3 Å². The second-order valence-corrected chi connectivity index (χ2v) is 10.4. The molecule has 4 unspecified atom stereocenters. The first-order chi connectivity index (χ1) is 16.9. The lowest BCUT2D eigenvalue weighted by Crippen LogP contribution is -2.74. The fourth-order valence-corrected chi connectivity index (χ4v) is 6.84. The highest BCUT2D eigenvalue weighted by Gasteiger charge is 2.70. The van der Waals surface area contributed by atoms with Crippen LogP contribution in [0.5, 0.6) is 5.75 Å². The number of amides is 1. The van der Waals surface area contributed by atoms with Gasteiger partial charge in [-0.2, -0.15) is 0 Å². The van der Waals surface area contributed by atoms with Crippen molar-refractivity contribution >= 4 is 5.91 Å². The summed E-state index contributed by atoms with van der Waals surface area (Å²) in [6, 6.07) is 7.69. The smallest absolute Gasteiger partial charge is 0.253 e. The minimum Gasteiger partial charge on any atom is -0.491 e. The highest BCUT2D eigenvalue weighted by atomic mass is 16.5. The van der Waals surface area contributed by atoms with Gasteiger partial charge in [0.1, 0.15) is 12.4 Å². The number of methoxy groups -OCH3 is 1. The Balaban J connectivity index is 1.28. The molecule has 2 aliphatic carbocycles. The SMILES string of the molecule is C#Cc1cncc(C(=O)N[C@H]2CC3N(C(C)c4ccc(OCCOC)c(C)c4C)C4CCC43C2)c1. The van der Waals surface area contributed by atoms with Gasteiger partial charge in [0.2, 0.25) is 0 Å². The van der Waals surface area contributed by atoms with Gasteiger partial charge in [-0.3, -0.25) is 14.7 Å². The first-order valence-corrected chi connectivity index (χ1v) is 12.6. The molecule has 1 N–H and O–H groups in total. The molecule has 1 spiro atoms. The average Bonchev–Trinajstić information content (AvgIpc) is 3.22. The molecule has 1 amide bonds. The first-order valence-electron chi connectivity index (χ1n) is 12.6. The van der Waals surface area contributed by atoms with E-state index in [9.17, 15) is 4.79 Å². The highest BCUT2D eigenvalue weighted by Crippen LogP contribution is 2.67. The van der Waals surface area contributed by atoms with Crippen molar-refractivity contribution in [2.24, 2.45) is 5.41 Å². The van der Waals surface area contributed by atoms with E-state index in [1.807, 2.05) is 0 Å². The minimum absolute atomic E-state index is 0.0803. The summed E-state index contributed by atoms with van der Waals surface area (Å²) in [5.74, 6) is 3.41. The van der Waals surface area contributed by atoms with Crippen LogP contribution in [0.4, 0.5) is 0 Å². The van der Waals surface area contributed by atoms with Crippen LogP contribution >= 0.6 is 0 Å². The van der Waals surface area contributed by atoms with Gasteiger partial charge in [0.05, 0.1) is 12.2 Å². The van der Waals surface area contributed by atoms with E-state index in [4.69, 9.17) is 15.9 Å². The normalized spacial score (nSPS) is 27.6. The van der Waals surface area contributed by atoms with E-state index in [1.165, 1.54) is 29.5 Å². The zero-order valence-corrected chi connectivity index (χ0v) is 21.1. The van der Waals surface area contributed by atoms with Gasteiger partial charge in [-0.05, 0) is 75.3 Å². The number of aromatic nitrogens is 1. The van der Waals surface area contributed by atoms with E-state index in [-0.39, 0.29) is 11.9 Å². The second kappa shape index (κ2) is 9.29. The van der Waals surface area contributed by atoms with Crippen LogP contribution in [0.15, 0.2) is 30.6 Å². The Labute approximate surface area is 208 Å². The lowest BCUT2D eigenvalue weighted by molar-refractivity contribution is -0.206. The Bertz CT molecular complexity index is 1170. The molecule has 184 valence electrons. The van der Waals surface area contributed by atoms with E-state index in [0.717, 1.165) is 18.6 Å². The van der Waals surface area contributed by atoms with Gasteiger partial charge in [-0.1, -0.05) is 12.0 Å². The summed E-state index contributed by atoms with van der Waals surface area (Å²) in [4.78, 5) is 19.7. The number of carbonyl (C=O) groups is 1. The Morgan fingerprint density at radius 3 is 2.83 bits per heavy atom.